The van der Waals surface area contributed by atoms with E-state index in [4.69, 9.17) is 9.47 Å². The summed E-state index contributed by atoms with van der Waals surface area (Å²) in [7, 11) is -4.69. The van der Waals surface area contributed by atoms with Crippen molar-refractivity contribution in [2.45, 2.75) is 87.3 Å². The van der Waals surface area contributed by atoms with E-state index < -0.39 is 34.0 Å². The molecular formula is C39H38NO8S-. The SMILES string of the molecule is CC(C)N1C(=O)C2C3CC(C(OC(=O)C4CC5c6ccccc6C4c4ccccc45)C31)C2C(=O)Oc1ccc(S(=O)(=O)[O-])c2c1CCCC2. The average Bonchev–Trinajstić information content (AvgIpc) is 3.71. The lowest BCUT2D eigenvalue weighted by atomic mass is 9.59. The van der Waals surface area contributed by atoms with Gasteiger partial charge in [-0.3, -0.25) is 14.4 Å². The molecule has 1 amide bonds. The lowest BCUT2D eigenvalue weighted by molar-refractivity contribution is -0.165. The molecule has 0 spiro atoms. The number of carbonyl (C=O) groups is 3. The minimum absolute atomic E-state index is 0.0937. The van der Waals surface area contributed by atoms with Gasteiger partial charge in [-0.2, -0.15) is 0 Å². The number of benzene rings is 3. The number of fused-ring (bicyclic) bond motifs is 3. The van der Waals surface area contributed by atoms with E-state index >= 15 is 0 Å². The van der Waals surface area contributed by atoms with E-state index in [1.165, 1.54) is 23.3 Å². The van der Waals surface area contributed by atoms with Crippen LogP contribution in [0.2, 0.25) is 0 Å². The van der Waals surface area contributed by atoms with Crippen molar-refractivity contribution in [2.24, 2.45) is 29.6 Å². The zero-order valence-electron chi connectivity index (χ0n) is 27.4. The van der Waals surface area contributed by atoms with Gasteiger partial charge in [-0.15, -0.1) is 0 Å². The molecule has 254 valence electrons. The molecule has 2 saturated carbocycles. The van der Waals surface area contributed by atoms with Crippen molar-refractivity contribution in [3.63, 3.8) is 0 Å². The fourth-order valence-electron chi connectivity index (χ4n) is 10.8. The number of esters is 2. The van der Waals surface area contributed by atoms with Crippen LogP contribution in [0.5, 0.6) is 5.75 Å². The molecule has 3 aromatic carbocycles. The zero-order valence-corrected chi connectivity index (χ0v) is 28.2. The number of carbonyl (C=O) groups excluding carboxylic acids is 3. The van der Waals surface area contributed by atoms with Gasteiger partial charge in [-0.05, 0) is 104 Å². The number of hydrogen-bond donors (Lipinski definition) is 0. The number of ether oxygens (including phenoxy) is 2. The van der Waals surface area contributed by atoms with E-state index in [0.717, 1.165) is 24.0 Å². The first-order chi connectivity index (χ1) is 23.5. The van der Waals surface area contributed by atoms with Crippen LogP contribution in [0.1, 0.15) is 84.7 Å². The predicted molar refractivity (Wildman–Crippen MR) is 176 cm³/mol. The number of nitrogens with zero attached hydrogens (tertiary/aromatic N) is 1. The van der Waals surface area contributed by atoms with Gasteiger partial charge in [0.1, 0.15) is 22.0 Å². The minimum atomic E-state index is -4.69. The Balaban J connectivity index is 1.03. The van der Waals surface area contributed by atoms with Crippen LogP contribution in [0.15, 0.2) is 65.6 Å². The summed E-state index contributed by atoms with van der Waals surface area (Å²) >= 11 is 0. The van der Waals surface area contributed by atoms with Gasteiger partial charge in [0.2, 0.25) is 5.91 Å². The first kappa shape index (κ1) is 31.0. The third-order valence-corrected chi connectivity index (χ3v) is 13.5. The molecule has 1 heterocycles. The third-order valence-electron chi connectivity index (χ3n) is 12.5. The molecule has 0 aromatic heterocycles. The molecule has 1 saturated heterocycles. The molecule has 7 aliphatic rings. The van der Waals surface area contributed by atoms with Crippen LogP contribution in [-0.2, 0) is 42.1 Å². The highest BCUT2D eigenvalue weighted by Crippen LogP contribution is 2.61. The summed E-state index contributed by atoms with van der Waals surface area (Å²) in [4.78, 5) is 44.1. The molecule has 9 nitrogen and oxygen atoms in total. The second-order valence-electron chi connectivity index (χ2n) is 15.1. The normalized spacial score (nSPS) is 31.8. The highest BCUT2D eigenvalue weighted by atomic mass is 32.2. The van der Waals surface area contributed by atoms with Gasteiger partial charge in [-0.1, -0.05) is 48.5 Å². The summed E-state index contributed by atoms with van der Waals surface area (Å²) < 4.78 is 48.6. The maximum Gasteiger partial charge on any atom is 0.315 e. The molecule has 10 rings (SSSR count). The van der Waals surface area contributed by atoms with Crippen LogP contribution in [0.4, 0.5) is 0 Å². The topological polar surface area (TPSA) is 130 Å². The number of rotatable bonds is 6. The maximum atomic E-state index is 14.4. The summed E-state index contributed by atoms with van der Waals surface area (Å²) in [6.07, 6.45) is 2.98. The van der Waals surface area contributed by atoms with Crippen LogP contribution in [-0.4, -0.2) is 53.9 Å². The second kappa shape index (κ2) is 11.0. The summed E-state index contributed by atoms with van der Waals surface area (Å²) in [5, 5.41) is 0. The summed E-state index contributed by atoms with van der Waals surface area (Å²) in [6, 6.07) is 18.9. The molecule has 10 heteroatoms. The Labute approximate surface area is 285 Å². The van der Waals surface area contributed by atoms with Gasteiger partial charge in [0.25, 0.3) is 0 Å². The summed E-state index contributed by atoms with van der Waals surface area (Å²) in [6.45, 7) is 3.90. The van der Waals surface area contributed by atoms with E-state index in [-0.39, 0.29) is 64.2 Å². The molecule has 0 radical (unpaired) electrons. The number of amides is 1. The van der Waals surface area contributed by atoms with Crippen LogP contribution in [0.3, 0.4) is 0 Å². The lowest BCUT2D eigenvalue weighted by Crippen LogP contribution is -2.50. The predicted octanol–water partition coefficient (Wildman–Crippen LogP) is 5.09. The lowest BCUT2D eigenvalue weighted by Gasteiger charge is -2.45. The Morgan fingerprint density at radius 1 is 0.837 bits per heavy atom. The Morgan fingerprint density at radius 3 is 2.10 bits per heavy atom. The number of hydrogen-bond acceptors (Lipinski definition) is 8. The monoisotopic (exact) mass is 680 g/mol. The van der Waals surface area contributed by atoms with Crippen molar-refractivity contribution in [3.8, 4) is 5.75 Å². The van der Waals surface area contributed by atoms with Crippen LogP contribution in [0.25, 0.3) is 0 Å². The van der Waals surface area contributed by atoms with Crippen molar-refractivity contribution in [3.05, 3.63) is 94.0 Å². The van der Waals surface area contributed by atoms with Crippen LogP contribution in [0, 0.1) is 29.6 Å². The van der Waals surface area contributed by atoms with Gasteiger partial charge in [-0.25, -0.2) is 8.42 Å². The highest BCUT2D eigenvalue weighted by molar-refractivity contribution is 7.85. The quantitative estimate of drug-likeness (QED) is 0.200. The fraction of sp³-hybridized carbons (Fsp3) is 0.462. The van der Waals surface area contributed by atoms with E-state index in [9.17, 15) is 27.4 Å². The van der Waals surface area contributed by atoms with E-state index in [1.807, 2.05) is 43.0 Å². The van der Waals surface area contributed by atoms with E-state index in [0.29, 0.717) is 36.8 Å². The van der Waals surface area contributed by atoms with Crippen molar-refractivity contribution in [1.29, 1.82) is 0 Å². The van der Waals surface area contributed by atoms with Crippen molar-refractivity contribution in [2.75, 3.05) is 0 Å². The van der Waals surface area contributed by atoms with Crippen LogP contribution < -0.4 is 4.74 Å². The molecule has 7 unspecified atom stereocenters. The smallest absolute Gasteiger partial charge is 0.315 e. The Hall–Kier alpha value is -4.02. The van der Waals surface area contributed by atoms with Gasteiger partial charge in [0.15, 0.2) is 0 Å². The molecule has 6 aliphatic carbocycles. The van der Waals surface area contributed by atoms with E-state index in [1.54, 1.807) is 0 Å². The zero-order chi connectivity index (χ0) is 33.9. The van der Waals surface area contributed by atoms with Gasteiger partial charge < -0.3 is 18.9 Å². The molecule has 0 N–H and O–H groups in total. The van der Waals surface area contributed by atoms with Gasteiger partial charge >= 0.3 is 11.9 Å². The average molecular weight is 681 g/mol. The molecule has 49 heavy (non-hydrogen) atoms. The first-order valence-electron chi connectivity index (χ1n) is 17.6. The van der Waals surface area contributed by atoms with Gasteiger partial charge in [0, 0.05) is 23.8 Å². The van der Waals surface area contributed by atoms with Crippen LogP contribution >= 0.6 is 0 Å². The standard InChI is InChI=1S/C39H39NO8S/c1-19(2)40-35-27-18-28(34(33(27)37(40)41)39(43)47-30-15-16-31(49(44,45)46)23-12-6-5-11-22(23)30)36(35)48-38(42)29-17-26-20-9-3-7-13-24(20)32(29)25-14-8-4-10-21(25)26/h3-4,7-10,13-16,19,26-29,32-36H,5-6,11-12,17-18H2,1-2H3,(H,44,45,46)/p-1. The number of likely N-dealkylation sites (tertiary alicyclic amines) is 1. The molecule has 4 bridgehead atoms. The highest BCUT2D eigenvalue weighted by Gasteiger charge is 2.71. The minimum Gasteiger partial charge on any atom is -0.744 e. The van der Waals surface area contributed by atoms with Crippen molar-refractivity contribution < 1.29 is 36.8 Å². The second-order valence-corrected chi connectivity index (χ2v) is 16.4. The molecular weight excluding hydrogens is 642 g/mol. The Morgan fingerprint density at radius 2 is 1.47 bits per heavy atom. The molecule has 1 aliphatic heterocycles. The van der Waals surface area contributed by atoms with Crippen molar-refractivity contribution >= 4 is 28.0 Å². The third kappa shape index (κ3) is 4.45. The molecule has 7 atom stereocenters. The Bertz CT molecular complexity index is 1990. The first-order valence-corrected chi connectivity index (χ1v) is 19.0. The van der Waals surface area contributed by atoms with Gasteiger partial charge in [0.05, 0.1) is 28.7 Å². The van der Waals surface area contributed by atoms with Crippen molar-refractivity contribution in [1.82, 2.24) is 4.90 Å². The Kier molecular flexibility index (Phi) is 6.95. The van der Waals surface area contributed by atoms with E-state index in [2.05, 4.69) is 24.3 Å². The largest absolute Gasteiger partial charge is 0.744 e. The fourth-order valence-corrected chi connectivity index (χ4v) is 11.6. The summed E-state index contributed by atoms with van der Waals surface area (Å²) in [5.41, 5.74) is 5.82. The molecule has 3 aromatic rings. The maximum absolute atomic E-state index is 14.4. The molecule has 3 fully saturated rings. The summed E-state index contributed by atoms with van der Waals surface area (Å²) in [5.74, 6) is -3.04.